The van der Waals surface area contributed by atoms with E-state index >= 15 is 0 Å². The van der Waals surface area contributed by atoms with Gasteiger partial charge in [-0.05, 0) is 29.3 Å². The van der Waals surface area contributed by atoms with Crippen LogP contribution in [0.5, 0.6) is 0 Å². The molecular formula is C14H10BrClF3NO. The Morgan fingerprint density at radius 3 is 2.62 bits per heavy atom. The van der Waals surface area contributed by atoms with E-state index in [1.165, 1.54) is 24.5 Å². The van der Waals surface area contributed by atoms with Crippen LogP contribution >= 0.6 is 27.5 Å². The highest BCUT2D eigenvalue weighted by molar-refractivity contribution is 9.10. The van der Waals surface area contributed by atoms with Gasteiger partial charge in [-0.3, -0.25) is 4.98 Å². The monoisotopic (exact) mass is 379 g/mol. The second kappa shape index (κ2) is 6.34. The summed E-state index contributed by atoms with van der Waals surface area (Å²) >= 11 is 8.91. The van der Waals surface area contributed by atoms with Crippen LogP contribution in [-0.4, -0.2) is 10.1 Å². The molecule has 1 N–H and O–H groups in total. The van der Waals surface area contributed by atoms with E-state index in [0.29, 0.717) is 15.1 Å². The van der Waals surface area contributed by atoms with Crippen LogP contribution in [0.4, 0.5) is 13.2 Å². The maximum absolute atomic E-state index is 13.0. The van der Waals surface area contributed by atoms with E-state index < -0.39 is 17.8 Å². The Labute approximate surface area is 132 Å². The van der Waals surface area contributed by atoms with Crippen LogP contribution in [0.1, 0.15) is 22.8 Å². The number of hydrogen-bond acceptors (Lipinski definition) is 2. The number of rotatable bonds is 3. The number of aliphatic hydroxyl groups excluding tert-OH is 1. The zero-order chi connectivity index (χ0) is 15.6. The number of benzene rings is 1. The summed E-state index contributed by atoms with van der Waals surface area (Å²) in [6.45, 7) is 0. The SMILES string of the molecule is OC(Cc1ccncc1Cl)c1ccc(Br)cc1C(F)(F)F. The smallest absolute Gasteiger partial charge is 0.388 e. The fourth-order valence-electron chi connectivity index (χ4n) is 1.95. The van der Waals surface area contributed by atoms with Crippen LogP contribution in [-0.2, 0) is 12.6 Å². The van der Waals surface area contributed by atoms with E-state index in [-0.39, 0.29) is 12.0 Å². The molecule has 0 saturated heterocycles. The van der Waals surface area contributed by atoms with Gasteiger partial charge < -0.3 is 5.11 Å². The zero-order valence-corrected chi connectivity index (χ0v) is 12.9. The van der Waals surface area contributed by atoms with E-state index in [1.54, 1.807) is 6.07 Å². The lowest BCUT2D eigenvalue weighted by Crippen LogP contribution is -2.13. The first-order valence-corrected chi connectivity index (χ1v) is 7.09. The zero-order valence-electron chi connectivity index (χ0n) is 10.5. The number of pyridine rings is 1. The molecule has 0 radical (unpaired) electrons. The second-order valence-corrected chi connectivity index (χ2v) is 5.74. The Morgan fingerprint density at radius 2 is 2.00 bits per heavy atom. The van der Waals surface area contributed by atoms with Gasteiger partial charge in [0.2, 0.25) is 0 Å². The molecule has 2 rings (SSSR count). The summed E-state index contributed by atoms with van der Waals surface area (Å²) in [7, 11) is 0. The number of hydrogen-bond donors (Lipinski definition) is 1. The molecule has 0 aliphatic carbocycles. The van der Waals surface area contributed by atoms with Crippen molar-refractivity contribution < 1.29 is 18.3 Å². The number of nitrogens with zero attached hydrogens (tertiary/aromatic N) is 1. The fourth-order valence-corrected chi connectivity index (χ4v) is 2.51. The third-order valence-corrected chi connectivity index (χ3v) is 3.78. The summed E-state index contributed by atoms with van der Waals surface area (Å²) in [4.78, 5) is 3.79. The molecule has 0 amide bonds. The van der Waals surface area contributed by atoms with Gasteiger partial charge in [0.15, 0.2) is 0 Å². The standard InChI is InChI=1S/C14H10BrClF3NO/c15-9-1-2-10(11(6-9)14(17,18)19)13(21)5-8-3-4-20-7-12(8)16/h1-4,6-7,13,21H,5H2. The molecule has 7 heteroatoms. The lowest BCUT2D eigenvalue weighted by Gasteiger charge is -2.18. The van der Waals surface area contributed by atoms with Gasteiger partial charge in [-0.15, -0.1) is 0 Å². The number of alkyl halides is 3. The molecule has 0 aliphatic heterocycles. The number of halogens is 5. The molecular weight excluding hydrogens is 371 g/mol. The highest BCUT2D eigenvalue weighted by Crippen LogP contribution is 2.37. The third kappa shape index (κ3) is 3.96. The predicted octanol–water partition coefficient (Wildman–Crippen LogP) is 4.79. The molecule has 112 valence electrons. The Kier molecular flexibility index (Phi) is 4.91. The van der Waals surface area contributed by atoms with Crippen molar-refractivity contribution in [3.8, 4) is 0 Å². The van der Waals surface area contributed by atoms with Crippen molar-refractivity contribution >= 4 is 27.5 Å². The van der Waals surface area contributed by atoms with E-state index in [0.717, 1.165) is 6.07 Å². The maximum atomic E-state index is 13.0. The van der Waals surface area contributed by atoms with Crippen molar-refractivity contribution in [2.75, 3.05) is 0 Å². The van der Waals surface area contributed by atoms with Crippen LogP contribution in [0.15, 0.2) is 41.1 Å². The van der Waals surface area contributed by atoms with Gasteiger partial charge in [-0.2, -0.15) is 13.2 Å². The average Bonchev–Trinajstić information content (AvgIpc) is 2.40. The quantitative estimate of drug-likeness (QED) is 0.830. The first-order chi connectivity index (χ1) is 9.79. The third-order valence-electron chi connectivity index (χ3n) is 2.95. The Bertz CT molecular complexity index is 648. The predicted molar refractivity (Wildman–Crippen MR) is 77.1 cm³/mol. The molecule has 1 aromatic heterocycles. The van der Waals surface area contributed by atoms with E-state index in [4.69, 9.17) is 11.6 Å². The van der Waals surface area contributed by atoms with Gasteiger partial charge in [0.05, 0.1) is 16.7 Å². The maximum Gasteiger partial charge on any atom is 0.416 e. The normalized spacial score (nSPS) is 13.2. The van der Waals surface area contributed by atoms with Crippen molar-refractivity contribution in [2.24, 2.45) is 0 Å². The summed E-state index contributed by atoms with van der Waals surface area (Å²) in [5.41, 5.74) is -0.511. The van der Waals surface area contributed by atoms with Crippen LogP contribution in [0.3, 0.4) is 0 Å². The topological polar surface area (TPSA) is 33.1 Å². The molecule has 0 spiro atoms. The van der Waals surface area contributed by atoms with Gasteiger partial charge in [-0.1, -0.05) is 33.6 Å². The van der Waals surface area contributed by atoms with Crippen LogP contribution in [0, 0.1) is 0 Å². The molecule has 1 unspecified atom stereocenters. The highest BCUT2D eigenvalue weighted by Gasteiger charge is 2.35. The van der Waals surface area contributed by atoms with E-state index in [2.05, 4.69) is 20.9 Å². The molecule has 2 aromatic rings. The van der Waals surface area contributed by atoms with Crippen LogP contribution in [0.2, 0.25) is 5.02 Å². The summed E-state index contributed by atoms with van der Waals surface area (Å²) in [6.07, 6.45) is -3.01. The van der Waals surface area contributed by atoms with Gasteiger partial charge in [0.25, 0.3) is 0 Å². The molecule has 1 aromatic carbocycles. The molecule has 21 heavy (non-hydrogen) atoms. The van der Waals surface area contributed by atoms with Gasteiger partial charge in [-0.25, -0.2) is 0 Å². The minimum absolute atomic E-state index is 0.0218. The number of aliphatic hydroxyl groups is 1. The van der Waals surface area contributed by atoms with Gasteiger partial charge in [0, 0.05) is 23.3 Å². The molecule has 0 bridgehead atoms. The Hall–Kier alpha value is -1.11. The second-order valence-electron chi connectivity index (χ2n) is 4.42. The summed E-state index contributed by atoms with van der Waals surface area (Å²) in [6, 6.07) is 5.24. The first kappa shape index (κ1) is 16.3. The molecule has 1 heterocycles. The van der Waals surface area contributed by atoms with Crippen molar-refractivity contribution in [1.82, 2.24) is 4.98 Å². The van der Waals surface area contributed by atoms with Crippen molar-refractivity contribution in [3.63, 3.8) is 0 Å². The lowest BCUT2D eigenvalue weighted by atomic mass is 9.97. The minimum Gasteiger partial charge on any atom is -0.388 e. The van der Waals surface area contributed by atoms with Crippen molar-refractivity contribution in [1.29, 1.82) is 0 Å². The highest BCUT2D eigenvalue weighted by atomic mass is 79.9. The largest absolute Gasteiger partial charge is 0.416 e. The average molecular weight is 381 g/mol. The van der Waals surface area contributed by atoms with E-state index in [9.17, 15) is 18.3 Å². The fraction of sp³-hybridized carbons (Fsp3) is 0.214. The number of aromatic nitrogens is 1. The Balaban J connectivity index is 2.36. The minimum atomic E-state index is -4.54. The van der Waals surface area contributed by atoms with Crippen molar-refractivity contribution in [3.05, 3.63) is 62.8 Å². The first-order valence-electron chi connectivity index (χ1n) is 5.92. The molecule has 0 fully saturated rings. The summed E-state index contributed by atoms with van der Waals surface area (Å²) < 4.78 is 39.4. The molecule has 0 saturated carbocycles. The Morgan fingerprint density at radius 1 is 1.29 bits per heavy atom. The van der Waals surface area contributed by atoms with Crippen molar-refractivity contribution in [2.45, 2.75) is 18.7 Å². The van der Waals surface area contributed by atoms with Gasteiger partial charge >= 0.3 is 6.18 Å². The summed E-state index contributed by atoms with van der Waals surface area (Å²) in [5, 5.41) is 10.4. The molecule has 0 aliphatic rings. The van der Waals surface area contributed by atoms with Crippen LogP contribution < -0.4 is 0 Å². The summed E-state index contributed by atoms with van der Waals surface area (Å²) in [5.74, 6) is 0. The lowest BCUT2D eigenvalue weighted by molar-refractivity contribution is -0.139. The van der Waals surface area contributed by atoms with Crippen LogP contribution in [0.25, 0.3) is 0 Å². The molecule has 2 nitrogen and oxygen atoms in total. The molecule has 1 atom stereocenters. The van der Waals surface area contributed by atoms with E-state index in [1.807, 2.05) is 0 Å². The van der Waals surface area contributed by atoms with Gasteiger partial charge in [0.1, 0.15) is 0 Å².